The van der Waals surface area contributed by atoms with E-state index in [-0.39, 0.29) is 0 Å². The van der Waals surface area contributed by atoms with Crippen LogP contribution >= 0.6 is 0 Å². The Morgan fingerprint density at radius 1 is 0.938 bits per heavy atom. The Labute approximate surface area is 188 Å². The Morgan fingerprint density at radius 3 is 2.03 bits per heavy atom. The highest BCUT2D eigenvalue weighted by atomic mass is 16.5. The van der Waals surface area contributed by atoms with Crippen LogP contribution in [-0.2, 0) is 9.47 Å². The number of anilines is 3. The van der Waals surface area contributed by atoms with E-state index in [1.54, 1.807) is 6.21 Å². The summed E-state index contributed by atoms with van der Waals surface area (Å²) in [6.45, 7) is 10.6. The van der Waals surface area contributed by atoms with Gasteiger partial charge in [0.15, 0.2) is 0 Å². The summed E-state index contributed by atoms with van der Waals surface area (Å²) in [5.41, 5.74) is 3.92. The van der Waals surface area contributed by atoms with Crippen LogP contribution in [0.5, 0.6) is 5.75 Å². The minimum atomic E-state index is 0.413. The van der Waals surface area contributed by atoms with Crippen molar-refractivity contribution >= 4 is 24.1 Å². The summed E-state index contributed by atoms with van der Waals surface area (Å²) in [7, 11) is 0. The van der Waals surface area contributed by atoms with E-state index < -0.39 is 0 Å². The average Bonchev–Trinajstić information content (AvgIpc) is 2.84. The number of rotatable bonds is 8. The van der Waals surface area contributed by atoms with Crippen molar-refractivity contribution in [3.8, 4) is 5.75 Å². The lowest BCUT2D eigenvalue weighted by Gasteiger charge is -2.30. The summed E-state index contributed by atoms with van der Waals surface area (Å²) in [5.74, 6) is 3.02. The van der Waals surface area contributed by atoms with Gasteiger partial charge < -0.3 is 24.0 Å². The van der Waals surface area contributed by atoms with Crippen LogP contribution in [0.3, 0.4) is 0 Å². The standard InChI is InChI=1S/C22H31N7O3/c1-17(2)16-32-19-5-3-18(4-6-19)15-23-27-20-24-21(28-7-11-30-12-8-28)26-22(25-20)29-9-13-31-14-10-29/h3-6,15,17H,7-14,16H2,1-2H3,(H,24,25,26,27)/b23-15-. The molecule has 1 aromatic carbocycles. The van der Waals surface area contributed by atoms with E-state index in [0.717, 1.165) is 37.5 Å². The second-order valence-electron chi connectivity index (χ2n) is 8.10. The van der Waals surface area contributed by atoms with Gasteiger partial charge in [0.1, 0.15) is 5.75 Å². The quantitative estimate of drug-likeness (QED) is 0.487. The first-order chi connectivity index (χ1) is 15.7. The van der Waals surface area contributed by atoms with E-state index in [2.05, 4.69) is 44.1 Å². The van der Waals surface area contributed by atoms with Gasteiger partial charge in [-0.05, 0) is 35.7 Å². The lowest BCUT2D eigenvalue weighted by molar-refractivity contribution is 0.121. The largest absolute Gasteiger partial charge is 0.493 e. The van der Waals surface area contributed by atoms with Crippen molar-refractivity contribution in [1.82, 2.24) is 15.0 Å². The molecule has 2 fully saturated rings. The third kappa shape index (κ3) is 6.27. The molecule has 0 aliphatic carbocycles. The molecule has 10 nitrogen and oxygen atoms in total. The predicted molar refractivity (Wildman–Crippen MR) is 124 cm³/mol. The first-order valence-corrected chi connectivity index (χ1v) is 11.1. The third-order valence-electron chi connectivity index (χ3n) is 5.04. The molecule has 0 unspecified atom stereocenters. The van der Waals surface area contributed by atoms with Gasteiger partial charge in [-0.2, -0.15) is 20.1 Å². The molecule has 3 heterocycles. The van der Waals surface area contributed by atoms with Crippen LogP contribution in [0.2, 0.25) is 0 Å². The number of aromatic nitrogens is 3. The maximum absolute atomic E-state index is 5.72. The van der Waals surface area contributed by atoms with Crippen molar-refractivity contribution in [1.29, 1.82) is 0 Å². The molecule has 0 saturated carbocycles. The second kappa shape index (κ2) is 11.1. The molecule has 0 spiro atoms. The zero-order chi connectivity index (χ0) is 22.2. The lowest BCUT2D eigenvalue weighted by atomic mass is 10.2. The molecule has 0 atom stereocenters. The molecule has 1 aromatic heterocycles. The molecular weight excluding hydrogens is 410 g/mol. The van der Waals surface area contributed by atoms with Crippen LogP contribution < -0.4 is 20.0 Å². The zero-order valence-corrected chi connectivity index (χ0v) is 18.7. The van der Waals surface area contributed by atoms with Crippen molar-refractivity contribution in [3.63, 3.8) is 0 Å². The fourth-order valence-electron chi connectivity index (χ4n) is 3.29. The predicted octanol–water partition coefficient (Wildman–Crippen LogP) is 2.03. The normalized spacial score (nSPS) is 17.2. The zero-order valence-electron chi connectivity index (χ0n) is 18.7. The molecule has 2 aliphatic rings. The lowest BCUT2D eigenvalue weighted by Crippen LogP contribution is -2.40. The van der Waals surface area contributed by atoms with Crippen LogP contribution in [0, 0.1) is 5.92 Å². The van der Waals surface area contributed by atoms with Crippen LogP contribution in [0.4, 0.5) is 17.8 Å². The van der Waals surface area contributed by atoms with Crippen molar-refractivity contribution in [2.24, 2.45) is 11.0 Å². The summed E-state index contributed by atoms with van der Waals surface area (Å²) in [4.78, 5) is 18.1. The number of morpholine rings is 2. The minimum absolute atomic E-state index is 0.413. The Kier molecular flexibility index (Phi) is 7.68. The number of hydrazone groups is 1. The van der Waals surface area contributed by atoms with Gasteiger partial charge in [0.25, 0.3) is 0 Å². The Bertz CT molecular complexity index is 843. The van der Waals surface area contributed by atoms with E-state index in [1.165, 1.54) is 0 Å². The van der Waals surface area contributed by atoms with Crippen LogP contribution in [0.1, 0.15) is 19.4 Å². The molecule has 4 rings (SSSR count). The van der Waals surface area contributed by atoms with Gasteiger partial charge in [0.05, 0.1) is 39.2 Å². The first-order valence-electron chi connectivity index (χ1n) is 11.1. The van der Waals surface area contributed by atoms with Crippen LogP contribution in [0.25, 0.3) is 0 Å². The van der Waals surface area contributed by atoms with Gasteiger partial charge in [-0.1, -0.05) is 13.8 Å². The molecule has 2 aliphatic heterocycles. The number of hydrogen-bond donors (Lipinski definition) is 1. The smallest absolute Gasteiger partial charge is 0.250 e. The first kappa shape index (κ1) is 22.2. The van der Waals surface area contributed by atoms with Crippen molar-refractivity contribution in [2.75, 3.05) is 74.4 Å². The van der Waals surface area contributed by atoms with Crippen LogP contribution in [0.15, 0.2) is 29.4 Å². The Morgan fingerprint density at radius 2 is 1.50 bits per heavy atom. The van der Waals surface area contributed by atoms with Gasteiger partial charge in [-0.25, -0.2) is 5.43 Å². The molecule has 0 radical (unpaired) electrons. The van der Waals surface area contributed by atoms with E-state index in [0.29, 0.717) is 56.8 Å². The van der Waals surface area contributed by atoms with E-state index in [1.807, 2.05) is 24.3 Å². The topological polar surface area (TPSA) is 97.2 Å². The monoisotopic (exact) mass is 441 g/mol. The third-order valence-corrected chi connectivity index (χ3v) is 5.04. The molecular formula is C22H31N7O3. The number of nitrogens with one attached hydrogen (secondary N) is 1. The van der Waals surface area contributed by atoms with E-state index in [9.17, 15) is 0 Å². The summed E-state index contributed by atoms with van der Waals surface area (Å²) in [5, 5.41) is 4.33. The molecule has 1 N–H and O–H groups in total. The molecule has 2 aromatic rings. The minimum Gasteiger partial charge on any atom is -0.493 e. The molecule has 172 valence electrons. The van der Waals surface area contributed by atoms with Gasteiger partial charge in [0, 0.05) is 26.2 Å². The SMILES string of the molecule is CC(C)COc1ccc(/C=N\Nc2nc(N3CCOCC3)nc(N3CCOCC3)n2)cc1. The number of nitrogens with zero attached hydrogens (tertiary/aromatic N) is 6. The fraction of sp³-hybridized carbons (Fsp3) is 0.545. The van der Waals surface area contributed by atoms with Crippen molar-refractivity contribution in [2.45, 2.75) is 13.8 Å². The van der Waals surface area contributed by atoms with Gasteiger partial charge in [0.2, 0.25) is 17.8 Å². The summed E-state index contributed by atoms with van der Waals surface area (Å²) < 4.78 is 16.6. The van der Waals surface area contributed by atoms with Gasteiger partial charge in [-0.15, -0.1) is 0 Å². The second-order valence-corrected chi connectivity index (χ2v) is 8.10. The van der Waals surface area contributed by atoms with Crippen molar-refractivity contribution < 1.29 is 14.2 Å². The Balaban J connectivity index is 1.45. The summed E-state index contributed by atoms with van der Waals surface area (Å²) in [6.07, 6.45) is 1.73. The summed E-state index contributed by atoms with van der Waals surface area (Å²) >= 11 is 0. The number of ether oxygens (including phenoxy) is 3. The molecule has 32 heavy (non-hydrogen) atoms. The van der Waals surface area contributed by atoms with Gasteiger partial charge in [-0.3, -0.25) is 0 Å². The average molecular weight is 442 g/mol. The highest BCUT2D eigenvalue weighted by Gasteiger charge is 2.20. The molecule has 0 bridgehead atoms. The summed E-state index contributed by atoms with van der Waals surface area (Å²) in [6, 6.07) is 7.82. The van der Waals surface area contributed by atoms with Crippen molar-refractivity contribution in [3.05, 3.63) is 29.8 Å². The van der Waals surface area contributed by atoms with Crippen LogP contribution in [-0.4, -0.2) is 80.4 Å². The fourth-order valence-corrected chi connectivity index (χ4v) is 3.29. The maximum Gasteiger partial charge on any atom is 0.250 e. The maximum atomic E-state index is 5.72. The molecule has 10 heteroatoms. The number of hydrogen-bond acceptors (Lipinski definition) is 10. The van der Waals surface area contributed by atoms with Gasteiger partial charge >= 0.3 is 0 Å². The number of benzene rings is 1. The van der Waals surface area contributed by atoms with E-state index >= 15 is 0 Å². The molecule has 0 amide bonds. The highest BCUT2D eigenvalue weighted by molar-refractivity contribution is 5.80. The molecule has 2 saturated heterocycles. The highest BCUT2D eigenvalue weighted by Crippen LogP contribution is 2.19. The Hall–Kier alpha value is -2.98. The van der Waals surface area contributed by atoms with E-state index in [4.69, 9.17) is 19.2 Å².